The summed E-state index contributed by atoms with van der Waals surface area (Å²) >= 11 is 0. The molecule has 1 aromatic carbocycles. The zero-order valence-corrected chi connectivity index (χ0v) is 13.2. The van der Waals surface area contributed by atoms with Gasteiger partial charge in [0, 0.05) is 13.7 Å². The van der Waals surface area contributed by atoms with E-state index in [9.17, 15) is 4.79 Å². The second kappa shape index (κ2) is 8.70. The molecule has 0 fully saturated rings. The Morgan fingerprint density at radius 1 is 1.22 bits per heavy atom. The van der Waals surface area contributed by atoms with E-state index in [1.807, 2.05) is 19.1 Å². The van der Waals surface area contributed by atoms with Crippen LogP contribution in [0.4, 0.5) is 11.5 Å². The fourth-order valence-electron chi connectivity index (χ4n) is 1.86. The topological polar surface area (TPSA) is 85.4 Å². The van der Waals surface area contributed by atoms with Crippen molar-refractivity contribution < 1.29 is 14.3 Å². The first kappa shape index (κ1) is 16.7. The van der Waals surface area contributed by atoms with Crippen molar-refractivity contribution in [1.82, 2.24) is 9.97 Å². The summed E-state index contributed by atoms with van der Waals surface area (Å²) < 4.78 is 10.4. The van der Waals surface area contributed by atoms with Gasteiger partial charge in [-0.25, -0.2) is 9.97 Å². The average Bonchev–Trinajstić information content (AvgIpc) is 2.58. The van der Waals surface area contributed by atoms with Crippen LogP contribution in [0.25, 0.3) is 0 Å². The number of amides is 1. The highest BCUT2D eigenvalue weighted by Gasteiger charge is 2.11. The number of methoxy groups -OCH3 is 1. The normalized spacial score (nSPS) is 10.2. The Hall–Kier alpha value is -2.67. The second-order valence-electron chi connectivity index (χ2n) is 4.59. The summed E-state index contributed by atoms with van der Waals surface area (Å²) in [6, 6.07) is 7.25. The minimum absolute atomic E-state index is 0.230. The molecule has 1 heterocycles. The lowest BCUT2D eigenvalue weighted by atomic mass is 10.3. The summed E-state index contributed by atoms with van der Waals surface area (Å²) in [5.74, 6) is 0.871. The standard InChI is InChI=1S/C16H20N4O3/c1-3-23-14-7-5-4-6-12(14)20-16(21)13-10-19-15(11-18-13)17-8-9-22-2/h4-7,10-11H,3,8-9H2,1-2H3,(H,17,19)(H,20,21). The summed E-state index contributed by atoms with van der Waals surface area (Å²) in [7, 11) is 1.63. The molecule has 7 nitrogen and oxygen atoms in total. The van der Waals surface area contributed by atoms with Crippen molar-refractivity contribution in [2.75, 3.05) is 37.5 Å². The number of nitrogens with one attached hydrogen (secondary N) is 2. The molecule has 0 bridgehead atoms. The number of carbonyl (C=O) groups is 1. The van der Waals surface area contributed by atoms with Crippen molar-refractivity contribution in [2.45, 2.75) is 6.92 Å². The number of benzene rings is 1. The monoisotopic (exact) mass is 316 g/mol. The molecule has 1 amide bonds. The summed E-state index contributed by atoms with van der Waals surface area (Å²) in [6.07, 6.45) is 2.94. The molecule has 122 valence electrons. The van der Waals surface area contributed by atoms with Crippen LogP contribution in [0, 0.1) is 0 Å². The fraction of sp³-hybridized carbons (Fsp3) is 0.312. The molecule has 0 aliphatic heterocycles. The van der Waals surface area contributed by atoms with Gasteiger partial charge in [-0.1, -0.05) is 12.1 Å². The third-order valence-corrected chi connectivity index (χ3v) is 2.93. The molecule has 0 radical (unpaired) electrons. The van der Waals surface area contributed by atoms with E-state index in [1.165, 1.54) is 12.4 Å². The van der Waals surface area contributed by atoms with E-state index in [2.05, 4.69) is 20.6 Å². The molecule has 7 heteroatoms. The van der Waals surface area contributed by atoms with E-state index < -0.39 is 0 Å². The SMILES string of the molecule is CCOc1ccccc1NC(=O)c1cnc(NCCOC)cn1. The Morgan fingerprint density at radius 2 is 2.04 bits per heavy atom. The molecule has 2 rings (SSSR count). The van der Waals surface area contributed by atoms with Crippen LogP contribution in [0.15, 0.2) is 36.7 Å². The number of anilines is 2. The van der Waals surface area contributed by atoms with Crippen LogP contribution in [0.2, 0.25) is 0 Å². The molecule has 0 spiro atoms. The van der Waals surface area contributed by atoms with Gasteiger partial charge in [-0.05, 0) is 19.1 Å². The van der Waals surface area contributed by atoms with Gasteiger partial charge in [0.2, 0.25) is 0 Å². The Kier molecular flexibility index (Phi) is 6.31. The Labute approximate surface area is 135 Å². The molecule has 0 saturated carbocycles. The molecule has 23 heavy (non-hydrogen) atoms. The molecular formula is C16H20N4O3. The minimum atomic E-state index is -0.340. The molecule has 0 saturated heterocycles. The van der Waals surface area contributed by atoms with Crippen LogP contribution in [0.5, 0.6) is 5.75 Å². The highest BCUT2D eigenvalue weighted by Crippen LogP contribution is 2.24. The maximum Gasteiger partial charge on any atom is 0.275 e. The van der Waals surface area contributed by atoms with Gasteiger partial charge in [-0.15, -0.1) is 0 Å². The molecule has 0 aliphatic carbocycles. The Morgan fingerprint density at radius 3 is 2.74 bits per heavy atom. The van der Waals surface area contributed by atoms with E-state index in [-0.39, 0.29) is 11.6 Å². The van der Waals surface area contributed by atoms with Gasteiger partial charge in [0.25, 0.3) is 5.91 Å². The Balaban J connectivity index is 2.00. The highest BCUT2D eigenvalue weighted by atomic mass is 16.5. The largest absolute Gasteiger partial charge is 0.492 e. The smallest absolute Gasteiger partial charge is 0.275 e. The van der Waals surface area contributed by atoms with Gasteiger partial charge in [0.1, 0.15) is 17.3 Å². The zero-order valence-electron chi connectivity index (χ0n) is 13.2. The van der Waals surface area contributed by atoms with Crippen molar-refractivity contribution in [1.29, 1.82) is 0 Å². The summed E-state index contributed by atoms with van der Waals surface area (Å²) in [4.78, 5) is 20.5. The molecule has 0 atom stereocenters. The first-order valence-electron chi connectivity index (χ1n) is 7.32. The van der Waals surface area contributed by atoms with E-state index in [0.717, 1.165) is 0 Å². The van der Waals surface area contributed by atoms with Crippen LogP contribution in [0.1, 0.15) is 17.4 Å². The number of hydrogen-bond donors (Lipinski definition) is 2. The number of nitrogens with zero attached hydrogens (tertiary/aromatic N) is 2. The number of hydrogen-bond acceptors (Lipinski definition) is 6. The number of rotatable bonds is 8. The molecule has 1 aromatic heterocycles. The predicted octanol–water partition coefficient (Wildman–Crippen LogP) is 2.19. The van der Waals surface area contributed by atoms with Gasteiger partial charge in [-0.2, -0.15) is 0 Å². The van der Waals surface area contributed by atoms with Crippen LogP contribution in [0.3, 0.4) is 0 Å². The fourth-order valence-corrected chi connectivity index (χ4v) is 1.86. The summed E-state index contributed by atoms with van der Waals surface area (Å²) in [5.41, 5.74) is 0.831. The Bertz CT molecular complexity index is 631. The van der Waals surface area contributed by atoms with Gasteiger partial charge >= 0.3 is 0 Å². The molecule has 0 aliphatic rings. The average molecular weight is 316 g/mol. The second-order valence-corrected chi connectivity index (χ2v) is 4.59. The zero-order chi connectivity index (χ0) is 16.5. The lowest BCUT2D eigenvalue weighted by molar-refractivity contribution is 0.102. The summed E-state index contributed by atoms with van der Waals surface area (Å²) in [6.45, 7) is 3.60. The van der Waals surface area contributed by atoms with E-state index in [0.29, 0.717) is 37.0 Å². The quantitative estimate of drug-likeness (QED) is 0.726. The summed E-state index contributed by atoms with van der Waals surface area (Å²) in [5, 5.41) is 5.81. The third kappa shape index (κ3) is 4.93. The first-order valence-corrected chi connectivity index (χ1v) is 7.32. The maximum atomic E-state index is 12.2. The highest BCUT2D eigenvalue weighted by molar-refractivity contribution is 6.03. The minimum Gasteiger partial charge on any atom is -0.492 e. The van der Waals surface area contributed by atoms with Crippen molar-refractivity contribution in [3.05, 3.63) is 42.4 Å². The molecule has 2 N–H and O–H groups in total. The third-order valence-electron chi connectivity index (χ3n) is 2.93. The lowest BCUT2D eigenvalue weighted by Crippen LogP contribution is -2.16. The van der Waals surface area contributed by atoms with Gasteiger partial charge in [-0.3, -0.25) is 4.79 Å². The molecule has 0 unspecified atom stereocenters. The van der Waals surface area contributed by atoms with E-state index in [4.69, 9.17) is 9.47 Å². The van der Waals surface area contributed by atoms with Crippen LogP contribution >= 0.6 is 0 Å². The van der Waals surface area contributed by atoms with Gasteiger partial charge in [0.15, 0.2) is 0 Å². The van der Waals surface area contributed by atoms with Crippen LogP contribution < -0.4 is 15.4 Å². The van der Waals surface area contributed by atoms with E-state index in [1.54, 1.807) is 19.2 Å². The van der Waals surface area contributed by atoms with Crippen molar-refractivity contribution in [3.63, 3.8) is 0 Å². The van der Waals surface area contributed by atoms with Crippen LogP contribution in [-0.2, 0) is 4.74 Å². The van der Waals surface area contributed by atoms with Crippen molar-refractivity contribution in [3.8, 4) is 5.75 Å². The van der Waals surface area contributed by atoms with Crippen LogP contribution in [-0.4, -0.2) is 42.7 Å². The van der Waals surface area contributed by atoms with Crippen molar-refractivity contribution >= 4 is 17.4 Å². The number of carbonyl (C=O) groups excluding carboxylic acids is 1. The first-order chi connectivity index (χ1) is 11.2. The number of ether oxygens (including phenoxy) is 2. The van der Waals surface area contributed by atoms with Gasteiger partial charge < -0.3 is 20.1 Å². The lowest BCUT2D eigenvalue weighted by Gasteiger charge is -2.11. The predicted molar refractivity (Wildman–Crippen MR) is 88.0 cm³/mol. The van der Waals surface area contributed by atoms with E-state index >= 15 is 0 Å². The van der Waals surface area contributed by atoms with Gasteiger partial charge in [0.05, 0.1) is 31.3 Å². The number of para-hydroxylation sites is 2. The maximum absolute atomic E-state index is 12.2. The van der Waals surface area contributed by atoms with Crippen molar-refractivity contribution in [2.24, 2.45) is 0 Å². The number of aromatic nitrogens is 2. The molecule has 2 aromatic rings. The molecular weight excluding hydrogens is 296 g/mol.